The van der Waals surface area contributed by atoms with Gasteiger partial charge in [0.1, 0.15) is 7.28 Å². The lowest BCUT2D eigenvalue weighted by Crippen LogP contribution is -2.13. The minimum Gasteiger partial charge on any atom is -0.0872 e. The van der Waals surface area contributed by atoms with Gasteiger partial charge in [-0.05, 0) is 17.2 Å². The van der Waals surface area contributed by atoms with E-state index in [0.29, 0.717) is 0 Å². The molecule has 0 aromatic heterocycles. The Bertz CT molecular complexity index is 466. The van der Waals surface area contributed by atoms with E-state index in [2.05, 4.69) is 19.4 Å². The molecule has 0 saturated carbocycles. The minimum absolute atomic E-state index is 0.798. The third-order valence-electron chi connectivity index (χ3n) is 2.44. The minimum atomic E-state index is 0.798. The van der Waals surface area contributed by atoms with E-state index in [0.717, 1.165) is 10.6 Å². The zero-order chi connectivity index (χ0) is 10.7. The summed E-state index contributed by atoms with van der Waals surface area (Å²) >= 11 is 6.17. The molecule has 0 N–H and O–H groups in total. The van der Waals surface area contributed by atoms with Gasteiger partial charge in [-0.3, -0.25) is 0 Å². The second-order valence-corrected chi connectivity index (χ2v) is 3.76. The van der Waals surface area contributed by atoms with Crippen molar-refractivity contribution in [1.82, 2.24) is 0 Å². The van der Waals surface area contributed by atoms with Crippen LogP contribution in [0.3, 0.4) is 0 Å². The van der Waals surface area contributed by atoms with E-state index in [-0.39, 0.29) is 0 Å². The third-order valence-corrected chi connectivity index (χ3v) is 2.77. The normalized spacial score (nSPS) is 10.0. The number of hydrogen-bond acceptors (Lipinski definition) is 0. The molecule has 0 fully saturated rings. The maximum atomic E-state index is 6.17. The van der Waals surface area contributed by atoms with Crippen molar-refractivity contribution in [1.29, 1.82) is 0 Å². The molecule has 15 heavy (non-hydrogen) atoms. The highest BCUT2D eigenvalue weighted by Crippen LogP contribution is 2.25. The van der Waals surface area contributed by atoms with Crippen LogP contribution in [0.5, 0.6) is 0 Å². The highest BCUT2D eigenvalue weighted by Gasteiger charge is 2.05. The quantitative estimate of drug-likeness (QED) is 0.671. The van der Waals surface area contributed by atoms with Crippen LogP contribution >= 0.6 is 11.6 Å². The largest absolute Gasteiger partial charge is 0.149 e. The van der Waals surface area contributed by atoms with E-state index in [1.54, 1.807) is 0 Å². The molecule has 73 valence electrons. The van der Waals surface area contributed by atoms with E-state index < -0.39 is 0 Å². The van der Waals surface area contributed by atoms with E-state index in [1.807, 2.05) is 43.2 Å². The third kappa shape index (κ3) is 2.08. The van der Waals surface area contributed by atoms with Crippen molar-refractivity contribution in [2.45, 2.75) is 6.82 Å². The van der Waals surface area contributed by atoms with Gasteiger partial charge in [-0.2, -0.15) is 0 Å². The molecule has 2 aromatic rings. The second kappa shape index (κ2) is 4.54. The lowest BCUT2D eigenvalue weighted by Gasteiger charge is -2.08. The Morgan fingerprint density at radius 3 is 2.13 bits per heavy atom. The van der Waals surface area contributed by atoms with E-state index in [4.69, 9.17) is 11.6 Å². The topological polar surface area (TPSA) is 0 Å². The maximum absolute atomic E-state index is 6.17. The Kier molecular flexibility index (Phi) is 3.12. The Hall–Kier alpha value is -1.21. The fourth-order valence-electron chi connectivity index (χ4n) is 1.67. The first-order valence-corrected chi connectivity index (χ1v) is 5.34. The molecule has 0 aliphatic carbocycles. The second-order valence-electron chi connectivity index (χ2n) is 3.36. The summed E-state index contributed by atoms with van der Waals surface area (Å²) in [5, 5.41) is 0.798. The highest BCUT2D eigenvalue weighted by atomic mass is 35.5. The van der Waals surface area contributed by atoms with Crippen LogP contribution < -0.4 is 5.46 Å². The average molecular weight is 213 g/mol. The summed E-state index contributed by atoms with van der Waals surface area (Å²) in [5.74, 6) is 0. The fourth-order valence-corrected chi connectivity index (χ4v) is 1.91. The first kappa shape index (κ1) is 10.3. The van der Waals surface area contributed by atoms with Crippen molar-refractivity contribution < 1.29 is 0 Å². The van der Waals surface area contributed by atoms with Crippen LogP contribution in [0.15, 0.2) is 48.5 Å². The molecule has 0 spiro atoms. The molecule has 2 rings (SSSR count). The Morgan fingerprint density at radius 2 is 1.47 bits per heavy atom. The predicted octanol–water partition coefficient (Wildman–Crippen LogP) is 3.38. The Labute approximate surface area is 96.1 Å². The average Bonchev–Trinajstić information content (AvgIpc) is 2.30. The smallest absolute Gasteiger partial charge is 0.0872 e. The van der Waals surface area contributed by atoms with Gasteiger partial charge in [0.2, 0.25) is 0 Å². The van der Waals surface area contributed by atoms with Gasteiger partial charge in [0.25, 0.3) is 0 Å². The SMILES string of the molecule is C[B]c1ccccc1-c1ccccc1Cl. The standard InChI is InChI=1S/C13H11BCl/c1-14-12-8-4-2-6-10(12)11-7-3-5-9-13(11)15/h2-9H,1H3. The van der Waals surface area contributed by atoms with Crippen molar-refractivity contribution in [3.63, 3.8) is 0 Å². The number of benzene rings is 2. The molecule has 2 heteroatoms. The highest BCUT2D eigenvalue weighted by molar-refractivity contribution is 6.54. The van der Waals surface area contributed by atoms with Gasteiger partial charge in [-0.1, -0.05) is 66.4 Å². The van der Waals surface area contributed by atoms with Gasteiger partial charge < -0.3 is 0 Å². The van der Waals surface area contributed by atoms with E-state index in [9.17, 15) is 0 Å². The monoisotopic (exact) mass is 213 g/mol. The molecule has 0 aliphatic rings. The van der Waals surface area contributed by atoms with Crippen molar-refractivity contribution in [2.24, 2.45) is 0 Å². The molecule has 0 nitrogen and oxygen atoms in total. The molecule has 2 aromatic carbocycles. The van der Waals surface area contributed by atoms with Gasteiger partial charge in [0.15, 0.2) is 0 Å². The van der Waals surface area contributed by atoms with Gasteiger partial charge >= 0.3 is 0 Å². The molecular weight excluding hydrogens is 202 g/mol. The summed E-state index contributed by atoms with van der Waals surface area (Å²) < 4.78 is 0. The van der Waals surface area contributed by atoms with Crippen LogP contribution in [0.4, 0.5) is 0 Å². The van der Waals surface area contributed by atoms with Crippen molar-refractivity contribution in [3.8, 4) is 11.1 Å². The number of hydrogen-bond donors (Lipinski definition) is 0. The summed E-state index contributed by atoms with van der Waals surface area (Å²) in [6.45, 7) is 2.04. The van der Waals surface area contributed by atoms with Crippen LogP contribution in [0.2, 0.25) is 11.8 Å². The Balaban J connectivity index is 2.59. The van der Waals surface area contributed by atoms with Crippen LogP contribution in [-0.4, -0.2) is 7.28 Å². The van der Waals surface area contributed by atoms with Gasteiger partial charge in [0.05, 0.1) is 0 Å². The number of rotatable bonds is 2. The van der Waals surface area contributed by atoms with Crippen molar-refractivity contribution in [3.05, 3.63) is 53.6 Å². The predicted molar refractivity (Wildman–Crippen MR) is 68.1 cm³/mol. The summed E-state index contributed by atoms with van der Waals surface area (Å²) in [7, 11) is 2.10. The lowest BCUT2D eigenvalue weighted by molar-refractivity contribution is 1.64. The van der Waals surface area contributed by atoms with Crippen molar-refractivity contribution >= 4 is 24.3 Å². The van der Waals surface area contributed by atoms with Gasteiger partial charge in [0, 0.05) is 5.02 Å². The van der Waals surface area contributed by atoms with Gasteiger partial charge in [-0.25, -0.2) is 0 Å². The van der Waals surface area contributed by atoms with E-state index in [1.165, 1.54) is 11.0 Å². The first-order valence-electron chi connectivity index (χ1n) is 4.96. The first-order chi connectivity index (χ1) is 7.33. The summed E-state index contributed by atoms with van der Waals surface area (Å²) in [5.41, 5.74) is 3.49. The molecule has 0 unspecified atom stereocenters. The van der Waals surface area contributed by atoms with Crippen LogP contribution in [0.25, 0.3) is 11.1 Å². The molecule has 0 aliphatic heterocycles. The van der Waals surface area contributed by atoms with Gasteiger partial charge in [-0.15, -0.1) is 0 Å². The zero-order valence-corrected chi connectivity index (χ0v) is 9.33. The summed E-state index contributed by atoms with van der Waals surface area (Å²) in [6, 6.07) is 16.2. The molecule has 0 heterocycles. The van der Waals surface area contributed by atoms with Crippen LogP contribution in [0, 0.1) is 0 Å². The zero-order valence-electron chi connectivity index (χ0n) is 8.57. The van der Waals surface area contributed by atoms with Crippen molar-refractivity contribution in [2.75, 3.05) is 0 Å². The molecule has 0 atom stereocenters. The van der Waals surface area contributed by atoms with Crippen LogP contribution in [-0.2, 0) is 0 Å². The molecule has 0 amide bonds. The lowest BCUT2D eigenvalue weighted by atomic mass is 9.70. The fraction of sp³-hybridized carbons (Fsp3) is 0.0769. The molecule has 1 radical (unpaired) electrons. The summed E-state index contributed by atoms with van der Waals surface area (Å²) in [4.78, 5) is 0. The molecule has 0 bridgehead atoms. The molecular formula is C13H11BCl. The van der Waals surface area contributed by atoms with Crippen LogP contribution in [0.1, 0.15) is 0 Å². The number of halogens is 1. The Morgan fingerprint density at radius 1 is 0.867 bits per heavy atom. The molecule has 0 saturated heterocycles. The van der Waals surface area contributed by atoms with E-state index >= 15 is 0 Å². The maximum Gasteiger partial charge on any atom is 0.149 e. The summed E-state index contributed by atoms with van der Waals surface area (Å²) in [6.07, 6.45) is 0.